The molecule has 1 N–H and O–H groups in total. The van der Waals surface area contributed by atoms with Crippen LogP contribution in [0.1, 0.15) is 20.3 Å². The monoisotopic (exact) mass is 330 g/mol. The van der Waals surface area contributed by atoms with Crippen molar-refractivity contribution >= 4 is 26.0 Å². The molecule has 0 aliphatic carbocycles. The molecule has 0 aromatic carbocycles. The Kier molecular flexibility index (Phi) is 6.59. The quantitative estimate of drug-likeness (QED) is 0.580. The van der Waals surface area contributed by atoms with Crippen molar-refractivity contribution < 1.29 is 26.4 Å². The summed E-state index contributed by atoms with van der Waals surface area (Å²) in [7, 11) is -4.74. The van der Waals surface area contributed by atoms with Gasteiger partial charge in [0.1, 0.15) is 0 Å². The van der Waals surface area contributed by atoms with Gasteiger partial charge < -0.3 is 4.74 Å². The smallest absolute Gasteiger partial charge is 0.306 e. The first kappa shape index (κ1) is 19.3. The molecule has 0 saturated heterocycles. The SMILES string of the molecule is COC(=O)CCN(C)S(=O)(=O)NCC(C)(C)S(C)(=O)=O. The summed E-state index contributed by atoms with van der Waals surface area (Å²) in [5.41, 5.74) is 0. The van der Waals surface area contributed by atoms with Crippen molar-refractivity contribution in [3.63, 3.8) is 0 Å². The molecule has 0 fully saturated rings. The average Bonchev–Trinajstić information content (AvgIpc) is 2.31. The number of rotatable bonds is 8. The first-order valence-corrected chi connectivity index (χ1v) is 9.14. The second kappa shape index (κ2) is 6.83. The van der Waals surface area contributed by atoms with Crippen LogP contribution in [-0.2, 0) is 29.6 Å². The molecular formula is C10H22N2O6S2. The second-order valence-corrected chi connectivity index (χ2v) is 9.52. The van der Waals surface area contributed by atoms with Crippen LogP contribution < -0.4 is 4.72 Å². The van der Waals surface area contributed by atoms with E-state index in [9.17, 15) is 21.6 Å². The van der Waals surface area contributed by atoms with Crippen molar-refractivity contribution in [2.45, 2.75) is 25.0 Å². The van der Waals surface area contributed by atoms with Gasteiger partial charge in [0.25, 0.3) is 10.2 Å². The maximum atomic E-state index is 11.9. The van der Waals surface area contributed by atoms with Gasteiger partial charge in [0.05, 0.1) is 18.3 Å². The zero-order chi connectivity index (χ0) is 16.2. The van der Waals surface area contributed by atoms with E-state index in [-0.39, 0.29) is 19.5 Å². The third-order valence-corrected chi connectivity index (χ3v) is 6.62. The van der Waals surface area contributed by atoms with Crippen molar-refractivity contribution in [3.8, 4) is 0 Å². The Balaban J connectivity index is 4.65. The zero-order valence-corrected chi connectivity index (χ0v) is 14.0. The van der Waals surface area contributed by atoms with Crippen LogP contribution in [0.4, 0.5) is 0 Å². The predicted molar refractivity (Wildman–Crippen MR) is 75.1 cm³/mol. The number of esters is 1. The van der Waals surface area contributed by atoms with Crippen LogP contribution in [0.15, 0.2) is 0 Å². The molecule has 20 heavy (non-hydrogen) atoms. The predicted octanol–water partition coefficient (Wildman–Crippen LogP) is -0.861. The van der Waals surface area contributed by atoms with Gasteiger partial charge >= 0.3 is 5.97 Å². The highest BCUT2D eigenvalue weighted by Gasteiger charge is 2.32. The lowest BCUT2D eigenvalue weighted by atomic mass is 10.2. The molecule has 0 heterocycles. The maximum Gasteiger partial charge on any atom is 0.306 e. The minimum absolute atomic E-state index is 0.0543. The summed E-state index contributed by atoms with van der Waals surface area (Å²) in [6, 6.07) is 0. The van der Waals surface area contributed by atoms with Gasteiger partial charge in [0, 0.05) is 26.4 Å². The lowest BCUT2D eigenvalue weighted by molar-refractivity contribution is -0.140. The molecule has 8 nitrogen and oxygen atoms in total. The van der Waals surface area contributed by atoms with E-state index < -0.39 is 30.8 Å². The summed E-state index contributed by atoms with van der Waals surface area (Å²) in [6.45, 7) is 2.55. The summed E-state index contributed by atoms with van der Waals surface area (Å²) < 4.78 is 53.1. The molecule has 0 saturated carbocycles. The summed E-state index contributed by atoms with van der Waals surface area (Å²) in [4.78, 5) is 10.9. The Hall–Kier alpha value is -0.710. The summed E-state index contributed by atoms with van der Waals surface area (Å²) in [5.74, 6) is -0.525. The summed E-state index contributed by atoms with van der Waals surface area (Å²) in [6.07, 6.45) is 0.964. The highest BCUT2D eigenvalue weighted by Crippen LogP contribution is 2.14. The Morgan fingerprint density at radius 3 is 2.15 bits per heavy atom. The van der Waals surface area contributed by atoms with E-state index in [2.05, 4.69) is 9.46 Å². The van der Waals surface area contributed by atoms with E-state index >= 15 is 0 Å². The van der Waals surface area contributed by atoms with Crippen molar-refractivity contribution in [2.24, 2.45) is 0 Å². The Labute approximate surface area is 120 Å². The van der Waals surface area contributed by atoms with E-state index in [0.29, 0.717) is 0 Å². The van der Waals surface area contributed by atoms with E-state index in [1.54, 1.807) is 0 Å². The number of hydrogen-bond acceptors (Lipinski definition) is 6. The highest BCUT2D eigenvalue weighted by molar-refractivity contribution is 7.92. The number of carbonyl (C=O) groups excluding carboxylic acids is 1. The fourth-order valence-electron chi connectivity index (χ4n) is 0.977. The topological polar surface area (TPSA) is 110 Å². The summed E-state index contributed by atoms with van der Waals surface area (Å²) in [5, 5.41) is 0. The van der Waals surface area contributed by atoms with Crippen LogP contribution in [0.25, 0.3) is 0 Å². The molecular weight excluding hydrogens is 308 g/mol. The van der Waals surface area contributed by atoms with E-state index in [0.717, 1.165) is 10.6 Å². The first-order valence-electron chi connectivity index (χ1n) is 5.81. The maximum absolute atomic E-state index is 11.9. The Morgan fingerprint density at radius 1 is 1.25 bits per heavy atom. The molecule has 0 aliphatic rings. The number of sulfone groups is 1. The van der Waals surface area contributed by atoms with E-state index in [1.165, 1.54) is 28.0 Å². The highest BCUT2D eigenvalue weighted by atomic mass is 32.2. The number of nitrogens with one attached hydrogen (secondary N) is 1. The van der Waals surface area contributed by atoms with Crippen molar-refractivity contribution in [2.75, 3.05) is 33.5 Å². The molecule has 0 rings (SSSR count). The molecule has 0 bridgehead atoms. The minimum Gasteiger partial charge on any atom is -0.469 e. The van der Waals surface area contributed by atoms with Gasteiger partial charge in [-0.05, 0) is 13.8 Å². The molecule has 0 radical (unpaired) electrons. The number of nitrogens with zero attached hydrogens (tertiary/aromatic N) is 1. The number of hydrogen-bond donors (Lipinski definition) is 1. The molecule has 0 spiro atoms. The van der Waals surface area contributed by atoms with Gasteiger partial charge in [-0.3, -0.25) is 4.79 Å². The Morgan fingerprint density at radius 2 is 1.75 bits per heavy atom. The van der Waals surface area contributed by atoms with Crippen LogP contribution in [0.2, 0.25) is 0 Å². The van der Waals surface area contributed by atoms with Crippen molar-refractivity contribution in [1.82, 2.24) is 9.03 Å². The van der Waals surface area contributed by atoms with Gasteiger partial charge in [-0.15, -0.1) is 0 Å². The van der Waals surface area contributed by atoms with E-state index in [4.69, 9.17) is 0 Å². The van der Waals surface area contributed by atoms with Gasteiger partial charge in [0.2, 0.25) is 0 Å². The zero-order valence-electron chi connectivity index (χ0n) is 12.3. The third-order valence-electron chi connectivity index (χ3n) is 2.95. The van der Waals surface area contributed by atoms with Gasteiger partial charge in [-0.1, -0.05) is 0 Å². The molecule has 10 heteroatoms. The minimum atomic E-state index is -3.85. The molecule has 0 aliphatic heterocycles. The fourth-order valence-corrected chi connectivity index (χ4v) is 2.50. The lowest BCUT2D eigenvalue weighted by Gasteiger charge is -2.24. The normalized spacial score (nSPS) is 13.5. The summed E-state index contributed by atoms with van der Waals surface area (Å²) >= 11 is 0. The standard InChI is InChI=1S/C10H22N2O6S2/c1-10(2,19(5,14)15)8-11-20(16,17)12(3)7-6-9(13)18-4/h11H,6-8H2,1-5H3. The number of carbonyl (C=O) groups is 1. The third kappa shape index (κ3) is 5.73. The van der Waals surface area contributed by atoms with Crippen LogP contribution in [0.5, 0.6) is 0 Å². The number of ether oxygens (including phenoxy) is 1. The Bertz CT molecular complexity index is 538. The molecule has 0 amide bonds. The van der Waals surface area contributed by atoms with Crippen LogP contribution in [0.3, 0.4) is 0 Å². The molecule has 0 atom stereocenters. The van der Waals surface area contributed by atoms with E-state index in [1.807, 2.05) is 0 Å². The van der Waals surface area contributed by atoms with Crippen molar-refractivity contribution in [1.29, 1.82) is 0 Å². The van der Waals surface area contributed by atoms with Crippen LogP contribution >= 0.6 is 0 Å². The lowest BCUT2D eigenvalue weighted by Crippen LogP contribution is -2.48. The largest absolute Gasteiger partial charge is 0.469 e. The van der Waals surface area contributed by atoms with Gasteiger partial charge in [0.15, 0.2) is 9.84 Å². The molecule has 120 valence electrons. The molecule has 0 aromatic rings. The second-order valence-electron chi connectivity index (χ2n) is 5.01. The first-order chi connectivity index (χ1) is 8.83. The molecule has 0 aromatic heterocycles. The van der Waals surface area contributed by atoms with Crippen molar-refractivity contribution in [3.05, 3.63) is 0 Å². The van der Waals surface area contributed by atoms with Gasteiger partial charge in [-0.25, -0.2) is 13.1 Å². The van der Waals surface area contributed by atoms with Gasteiger partial charge in [-0.2, -0.15) is 12.7 Å². The number of methoxy groups -OCH3 is 1. The van der Waals surface area contributed by atoms with Crippen LogP contribution in [-0.4, -0.2) is 65.4 Å². The fraction of sp³-hybridized carbons (Fsp3) is 0.900. The average molecular weight is 330 g/mol. The molecule has 0 unspecified atom stereocenters. The van der Waals surface area contributed by atoms with Crippen LogP contribution in [0, 0.1) is 0 Å².